The Morgan fingerprint density at radius 1 is 0.812 bits per heavy atom. The molecule has 0 aromatic rings. The second kappa shape index (κ2) is 5.62. The minimum absolute atomic E-state index is 0.159. The zero-order valence-corrected chi connectivity index (χ0v) is 13.1. The Hall–Kier alpha value is 0.0969. The van der Waals surface area contributed by atoms with E-state index < -0.39 is 8.80 Å². The Morgan fingerprint density at radius 3 is 1.44 bits per heavy atom. The smallest absolute Gasteiger partial charge is 0.377 e. The molecule has 0 spiro atoms. The molecular formula is C12H28O3Si. The summed E-state index contributed by atoms with van der Waals surface area (Å²) in [6.07, 6.45) is 1.12. The van der Waals surface area contributed by atoms with E-state index in [1.54, 1.807) is 21.3 Å². The fourth-order valence-electron chi connectivity index (χ4n) is 2.55. The average Bonchev–Trinajstić information content (AvgIpc) is 2.10. The zero-order valence-electron chi connectivity index (χ0n) is 12.1. The van der Waals surface area contributed by atoms with Gasteiger partial charge in [-0.25, -0.2) is 0 Å². The van der Waals surface area contributed by atoms with Crippen LogP contribution in [0.2, 0.25) is 6.04 Å². The molecule has 0 aliphatic heterocycles. The third kappa shape index (κ3) is 5.43. The molecule has 0 bridgehead atoms. The Bertz CT molecular complexity index is 197. The lowest BCUT2D eigenvalue weighted by Gasteiger charge is -2.37. The lowest BCUT2D eigenvalue weighted by atomic mass is 9.77. The van der Waals surface area contributed by atoms with Crippen LogP contribution in [0, 0.1) is 10.8 Å². The molecule has 0 heterocycles. The van der Waals surface area contributed by atoms with Gasteiger partial charge >= 0.3 is 8.80 Å². The summed E-state index contributed by atoms with van der Waals surface area (Å²) in [5.41, 5.74) is 0.464. The number of hydrogen-bond acceptors (Lipinski definition) is 3. The van der Waals surface area contributed by atoms with Gasteiger partial charge in [-0.15, -0.1) is 0 Å². The van der Waals surface area contributed by atoms with Crippen LogP contribution in [0.1, 0.15) is 41.0 Å². The van der Waals surface area contributed by atoms with E-state index in [1.165, 1.54) is 0 Å². The standard InChI is InChI=1S/C12H28O3Si/c1-11(2,3)9-12(4,5)10-16(13-6,14-7)15-8/h9-10H2,1-8H3. The van der Waals surface area contributed by atoms with Crippen LogP contribution in [-0.2, 0) is 13.3 Å². The molecule has 16 heavy (non-hydrogen) atoms. The molecule has 0 aliphatic rings. The molecule has 0 aliphatic carbocycles. The van der Waals surface area contributed by atoms with Crippen molar-refractivity contribution in [2.24, 2.45) is 10.8 Å². The van der Waals surface area contributed by atoms with Crippen LogP contribution in [0.15, 0.2) is 0 Å². The summed E-state index contributed by atoms with van der Waals surface area (Å²) in [4.78, 5) is 0. The molecule has 0 fully saturated rings. The minimum atomic E-state index is -2.45. The summed E-state index contributed by atoms with van der Waals surface area (Å²) >= 11 is 0. The largest absolute Gasteiger partial charge is 0.500 e. The van der Waals surface area contributed by atoms with Crippen LogP contribution in [0.5, 0.6) is 0 Å². The topological polar surface area (TPSA) is 27.7 Å². The first-order chi connectivity index (χ1) is 7.10. The molecule has 0 aromatic heterocycles. The van der Waals surface area contributed by atoms with Gasteiger partial charge < -0.3 is 13.3 Å². The highest BCUT2D eigenvalue weighted by atomic mass is 28.4. The first-order valence-electron chi connectivity index (χ1n) is 5.75. The highest BCUT2D eigenvalue weighted by Crippen LogP contribution is 2.39. The maximum atomic E-state index is 5.48. The summed E-state index contributed by atoms with van der Waals surface area (Å²) in [7, 11) is 2.57. The molecule has 0 rings (SSSR count). The third-order valence-corrected chi connectivity index (χ3v) is 5.89. The molecule has 0 amide bonds. The van der Waals surface area contributed by atoms with E-state index >= 15 is 0 Å². The summed E-state index contributed by atoms with van der Waals surface area (Å²) in [6, 6.07) is 0.848. The van der Waals surface area contributed by atoms with Gasteiger partial charge in [0.05, 0.1) is 0 Å². The van der Waals surface area contributed by atoms with Crippen molar-refractivity contribution in [2.45, 2.75) is 47.1 Å². The van der Waals surface area contributed by atoms with E-state index in [9.17, 15) is 0 Å². The van der Waals surface area contributed by atoms with Crippen molar-refractivity contribution >= 4 is 8.80 Å². The van der Waals surface area contributed by atoms with E-state index in [-0.39, 0.29) is 5.41 Å². The molecule has 0 aromatic carbocycles. The summed E-state index contributed by atoms with van der Waals surface area (Å²) < 4.78 is 16.4. The van der Waals surface area contributed by atoms with E-state index in [4.69, 9.17) is 13.3 Å². The average molecular weight is 248 g/mol. The summed E-state index contributed by atoms with van der Waals surface area (Å²) in [6.45, 7) is 11.3. The molecule has 0 saturated carbocycles. The van der Waals surface area contributed by atoms with Crippen LogP contribution < -0.4 is 0 Å². The fraction of sp³-hybridized carbons (Fsp3) is 1.00. The quantitative estimate of drug-likeness (QED) is 0.675. The normalized spacial score (nSPS) is 14.2. The van der Waals surface area contributed by atoms with Gasteiger partial charge in [0.1, 0.15) is 0 Å². The molecule has 0 atom stereocenters. The summed E-state index contributed by atoms with van der Waals surface area (Å²) in [5, 5.41) is 0. The highest BCUT2D eigenvalue weighted by molar-refractivity contribution is 6.60. The van der Waals surface area contributed by atoms with Crippen LogP contribution in [-0.4, -0.2) is 30.1 Å². The van der Waals surface area contributed by atoms with Gasteiger partial charge in [0.2, 0.25) is 0 Å². The van der Waals surface area contributed by atoms with Crippen molar-refractivity contribution in [1.82, 2.24) is 0 Å². The van der Waals surface area contributed by atoms with E-state index in [1.807, 2.05) is 0 Å². The minimum Gasteiger partial charge on any atom is -0.377 e. The van der Waals surface area contributed by atoms with Crippen LogP contribution in [0.3, 0.4) is 0 Å². The molecule has 3 nitrogen and oxygen atoms in total. The molecule has 98 valence electrons. The first-order valence-corrected chi connectivity index (χ1v) is 7.68. The maximum absolute atomic E-state index is 5.48. The molecule has 0 radical (unpaired) electrons. The predicted octanol–water partition coefficient (Wildman–Crippen LogP) is 3.33. The van der Waals surface area contributed by atoms with Gasteiger partial charge in [-0.05, 0) is 17.3 Å². The van der Waals surface area contributed by atoms with Crippen molar-refractivity contribution < 1.29 is 13.3 Å². The van der Waals surface area contributed by atoms with Crippen molar-refractivity contribution in [3.8, 4) is 0 Å². The van der Waals surface area contributed by atoms with Gasteiger partial charge in [0, 0.05) is 27.4 Å². The lowest BCUT2D eigenvalue weighted by molar-refractivity contribution is 0.101. The van der Waals surface area contributed by atoms with E-state index in [2.05, 4.69) is 34.6 Å². The Labute approximate surface area is 102 Å². The summed E-state index contributed by atoms with van der Waals surface area (Å²) in [5.74, 6) is 0. The van der Waals surface area contributed by atoms with Gasteiger partial charge in [-0.2, -0.15) is 0 Å². The molecule has 0 saturated heterocycles. The SMILES string of the molecule is CO[Si](CC(C)(C)CC(C)(C)C)(OC)OC. The van der Waals surface area contributed by atoms with E-state index in [0.717, 1.165) is 12.5 Å². The first kappa shape index (κ1) is 16.1. The van der Waals surface area contributed by atoms with Gasteiger partial charge in [0.25, 0.3) is 0 Å². The Balaban J connectivity index is 4.66. The number of rotatable bonds is 6. The second-order valence-corrected chi connectivity index (χ2v) is 9.32. The molecule has 4 heteroatoms. The van der Waals surface area contributed by atoms with Crippen molar-refractivity contribution in [1.29, 1.82) is 0 Å². The van der Waals surface area contributed by atoms with Gasteiger partial charge in [-0.1, -0.05) is 34.6 Å². The number of hydrogen-bond donors (Lipinski definition) is 0. The zero-order chi connectivity index (χ0) is 13.0. The molecule has 0 N–H and O–H groups in total. The van der Waals surface area contributed by atoms with Gasteiger partial charge in [-0.3, -0.25) is 0 Å². The molecule has 0 unspecified atom stereocenters. The Morgan fingerprint density at radius 2 is 1.19 bits per heavy atom. The molecular weight excluding hydrogens is 220 g/mol. The van der Waals surface area contributed by atoms with Crippen LogP contribution >= 0.6 is 0 Å². The van der Waals surface area contributed by atoms with Crippen LogP contribution in [0.4, 0.5) is 0 Å². The van der Waals surface area contributed by atoms with Gasteiger partial charge in [0.15, 0.2) is 0 Å². The highest BCUT2D eigenvalue weighted by Gasteiger charge is 2.44. The van der Waals surface area contributed by atoms with Crippen LogP contribution in [0.25, 0.3) is 0 Å². The fourth-order valence-corrected chi connectivity index (χ4v) is 4.78. The lowest BCUT2D eigenvalue weighted by Crippen LogP contribution is -2.46. The van der Waals surface area contributed by atoms with Crippen molar-refractivity contribution in [2.75, 3.05) is 21.3 Å². The van der Waals surface area contributed by atoms with Crippen molar-refractivity contribution in [3.05, 3.63) is 0 Å². The monoisotopic (exact) mass is 248 g/mol. The maximum Gasteiger partial charge on any atom is 0.500 e. The predicted molar refractivity (Wildman–Crippen MR) is 69.4 cm³/mol. The van der Waals surface area contributed by atoms with E-state index in [0.29, 0.717) is 5.41 Å². The van der Waals surface area contributed by atoms with Crippen molar-refractivity contribution in [3.63, 3.8) is 0 Å². The second-order valence-electron chi connectivity index (χ2n) is 6.37. The Kier molecular flexibility index (Phi) is 5.66. The third-order valence-electron chi connectivity index (χ3n) is 2.64.